The molecule has 3 rings (SSSR count). The first-order chi connectivity index (χ1) is 11.9. The summed E-state index contributed by atoms with van der Waals surface area (Å²) in [4.78, 5) is 16.2. The minimum atomic E-state index is -4.46. The number of thiophene rings is 1. The van der Waals surface area contributed by atoms with Gasteiger partial charge in [0.05, 0.1) is 10.6 Å². The highest BCUT2D eigenvalue weighted by Crippen LogP contribution is 2.30. The maximum Gasteiger partial charge on any atom is 0.416 e. The van der Waals surface area contributed by atoms with Gasteiger partial charge in [-0.05, 0) is 40.6 Å². The highest BCUT2D eigenvalue weighted by atomic mass is 32.1. The van der Waals surface area contributed by atoms with Crippen molar-refractivity contribution >= 4 is 40.2 Å². The van der Waals surface area contributed by atoms with Crippen molar-refractivity contribution in [2.75, 3.05) is 10.6 Å². The number of thiazole rings is 1. The number of benzene rings is 1. The summed E-state index contributed by atoms with van der Waals surface area (Å²) >= 11 is 3.00. The van der Waals surface area contributed by atoms with Crippen LogP contribution in [0.15, 0.2) is 46.5 Å². The summed E-state index contributed by atoms with van der Waals surface area (Å²) in [6.07, 6.45) is -3.79. The average molecular weight is 383 g/mol. The number of aromatic nitrogens is 1. The predicted octanol–water partition coefficient (Wildman–Crippen LogP) is 5.46. The lowest BCUT2D eigenvalue weighted by Gasteiger charge is -2.10. The maximum absolute atomic E-state index is 12.7. The minimum absolute atomic E-state index is 0.0565. The summed E-state index contributed by atoms with van der Waals surface area (Å²) in [5.41, 5.74) is 0.373. The summed E-state index contributed by atoms with van der Waals surface area (Å²) < 4.78 is 38.0. The van der Waals surface area contributed by atoms with Crippen LogP contribution in [-0.4, -0.2) is 11.0 Å². The fraction of sp³-hybridized carbons (Fsp3) is 0.125. The molecule has 0 unspecified atom stereocenters. The zero-order valence-corrected chi connectivity index (χ0v) is 14.3. The first kappa shape index (κ1) is 17.4. The summed E-state index contributed by atoms with van der Waals surface area (Å²) in [7, 11) is 0. The number of hydrogen-bond donors (Lipinski definition) is 2. The molecule has 0 saturated heterocycles. The molecule has 0 bridgehead atoms. The van der Waals surface area contributed by atoms with E-state index in [0.29, 0.717) is 12.2 Å². The number of nitrogens with one attached hydrogen (secondary N) is 2. The number of carbonyl (C=O) groups is 1. The number of anilines is 2. The van der Waals surface area contributed by atoms with E-state index in [4.69, 9.17) is 0 Å². The van der Waals surface area contributed by atoms with Gasteiger partial charge in [0, 0.05) is 17.5 Å². The van der Waals surface area contributed by atoms with E-state index in [1.165, 1.54) is 23.5 Å². The lowest BCUT2D eigenvalue weighted by Crippen LogP contribution is -2.20. The van der Waals surface area contributed by atoms with Crippen molar-refractivity contribution in [1.82, 2.24) is 4.98 Å². The molecule has 3 aromatic rings. The van der Waals surface area contributed by atoms with E-state index >= 15 is 0 Å². The Hall–Kier alpha value is -2.39. The third-order valence-corrected chi connectivity index (χ3v) is 4.76. The summed E-state index contributed by atoms with van der Waals surface area (Å²) in [6, 6.07) is 5.80. The van der Waals surface area contributed by atoms with E-state index in [-0.39, 0.29) is 5.69 Å². The number of hydrogen-bond acceptors (Lipinski definition) is 4. The first-order valence-corrected chi connectivity index (χ1v) is 8.93. The molecule has 0 saturated carbocycles. The molecule has 4 nitrogen and oxygen atoms in total. The summed E-state index contributed by atoms with van der Waals surface area (Å²) in [5, 5.41) is 11.4. The van der Waals surface area contributed by atoms with E-state index in [1.807, 2.05) is 16.8 Å². The predicted molar refractivity (Wildman–Crippen MR) is 93.3 cm³/mol. The van der Waals surface area contributed by atoms with Gasteiger partial charge in [0.25, 0.3) is 0 Å². The SMILES string of the molecule is O=C(Nc1cccc(C(F)(F)F)c1)Nc1csc(Cc2ccsc2)n1. The van der Waals surface area contributed by atoms with Crippen LogP contribution >= 0.6 is 22.7 Å². The second-order valence-corrected chi connectivity index (χ2v) is 6.82. The van der Waals surface area contributed by atoms with Crippen LogP contribution < -0.4 is 10.6 Å². The molecule has 0 atom stereocenters. The standard InChI is InChI=1S/C16H12F3N3OS2/c17-16(18,19)11-2-1-3-12(7-11)20-15(23)22-13-9-25-14(21-13)6-10-4-5-24-8-10/h1-5,7-9H,6H2,(H2,20,22,23). The Morgan fingerprint density at radius 3 is 2.72 bits per heavy atom. The molecule has 2 heterocycles. The molecule has 2 amide bonds. The number of carbonyl (C=O) groups excluding carboxylic acids is 1. The van der Waals surface area contributed by atoms with E-state index in [0.717, 1.165) is 22.7 Å². The number of rotatable bonds is 4. The Morgan fingerprint density at radius 1 is 1.16 bits per heavy atom. The number of nitrogens with zero attached hydrogens (tertiary/aromatic N) is 1. The molecule has 0 aliphatic carbocycles. The molecule has 1 aromatic carbocycles. The molecule has 25 heavy (non-hydrogen) atoms. The molecule has 9 heteroatoms. The van der Waals surface area contributed by atoms with Gasteiger partial charge < -0.3 is 5.32 Å². The topological polar surface area (TPSA) is 54.0 Å². The number of halogens is 3. The van der Waals surface area contributed by atoms with Crippen LogP contribution in [0.1, 0.15) is 16.1 Å². The quantitative estimate of drug-likeness (QED) is 0.629. The Morgan fingerprint density at radius 2 is 2.00 bits per heavy atom. The van der Waals surface area contributed by atoms with Crippen LogP contribution in [0.3, 0.4) is 0 Å². The highest BCUT2D eigenvalue weighted by Gasteiger charge is 2.30. The number of urea groups is 1. The smallest absolute Gasteiger partial charge is 0.308 e. The van der Waals surface area contributed by atoms with Crippen molar-refractivity contribution in [2.24, 2.45) is 0 Å². The van der Waals surface area contributed by atoms with Crippen LogP contribution in [0.5, 0.6) is 0 Å². The van der Waals surface area contributed by atoms with Gasteiger partial charge in [-0.15, -0.1) is 11.3 Å². The largest absolute Gasteiger partial charge is 0.416 e. The Balaban J connectivity index is 1.60. The third-order valence-electron chi connectivity index (χ3n) is 3.18. The molecule has 0 fully saturated rings. The van der Waals surface area contributed by atoms with Crippen molar-refractivity contribution in [3.63, 3.8) is 0 Å². The second-order valence-electron chi connectivity index (χ2n) is 5.09. The monoisotopic (exact) mass is 383 g/mol. The summed E-state index contributed by atoms with van der Waals surface area (Å²) in [6.45, 7) is 0. The molecule has 2 N–H and O–H groups in total. The molecule has 2 aromatic heterocycles. The van der Waals surface area contributed by atoms with Crippen LogP contribution in [-0.2, 0) is 12.6 Å². The van der Waals surface area contributed by atoms with Crippen LogP contribution in [0.4, 0.5) is 29.5 Å². The molecule has 130 valence electrons. The van der Waals surface area contributed by atoms with Gasteiger partial charge in [0.2, 0.25) is 0 Å². The molecular weight excluding hydrogens is 371 g/mol. The van der Waals surface area contributed by atoms with Gasteiger partial charge in [-0.3, -0.25) is 5.32 Å². The number of amides is 2. The Kier molecular flexibility index (Phi) is 5.05. The highest BCUT2D eigenvalue weighted by molar-refractivity contribution is 7.10. The summed E-state index contributed by atoms with van der Waals surface area (Å²) in [5.74, 6) is 0.361. The van der Waals surface area contributed by atoms with Gasteiger partial charge in [0.1, 0.15) is 5.82 Å². The van der Waals surface area contributed by atoms with Gasteiger partial charge in [-0.25, -0.2) is 9.78 Å². The zero-order chi connectivity index (χ0) is 17.9. The van der Waals surface area contributed by atoms with Gasteiger partial charge in [-0.2, -0.15) is 24.5 Å². The van der Waals surface area contributed by atoms with Crippen molar-refractivity contribution in [3.8, 4) is 0 Å². The van der Waals surface area contributed by atoms with Crippen molar-refractivity contribution < 1.29 is 18.0 Å². The molecule has 0 spiro atoms. The fourth-order valence-electron chi connectivity index (χ4n) is 2.07. The zero-order valence-electron chi connectivity index (χ0n) is 12.6. The fourth-order valence-corrected chi connectivity index (χ4v) is 3.50. The Labute approximate surface area is 149 Å². The molecule has 0 radical (unpaired) electrons. The molecule has 0 aliphatic rings. The Bertz CT molecular complexity index is 860. The third kappa shape index (κ3) is 4.80. The van der Waals surface area contributed by atoms with Crippen LogP contribution in [0.2, 0.25) is 0 Å². The van der Waals surface area contributed by atoms with Crippen molar-refractivity contribution in [3.05, 3.63) is 62.6 Å². The van der Waals surface area contributed by atoms with Crippen LogP contribution in [0.25, 0.3) is 0 Å². The molecule has 0 aliphatic heterocycles. The second kappa shape index (κ2) is 7.24. The van der Waals surface area contributed by atoms with E-state index in [2.05, 4.69) is 15.6 Å². The van der Waals surface area contributed by atoms with Gasteiger partial charge in [0.15, 0.2) is 0 Å². The van der Waals surface area contributed by atoms with Gasteiger partial charge in [-0.1, -0.05) is 6.07 Å². The van der Waals surface area contributed by atoms with E-state index < -0.39 is 17.8 Å². The first-order valence-electron chi connectivity index (χ1n) is 7.11. The van der Waals surface area contributed by atoms with Crippen LogP contribution in [0, 0.1) is 0 Å². The van der Waals surface area contributed by atoms with Crippen molar-refractivity contribution in [2.45, 2.75) is 12.6 Å². The van der Waals surface area contributed by atoms with Crippen molar-refractivity contribution in [1.29, 1.82) is 0 Å². The van der Waals surface area contributed by atoms with E-state index in [9.17, 15) is 18.0 Å². The number of alkyl halides is 3. The normalized spacial score (nSPS) is 11.3. The lowest BCUT2D eigenvalue weighted by atomic mass is 10.2. The minimum Gasteiger partial charge on any atom is -0.308 e. The van der Waals surface area contributed by atoms with E-state index in [1.54, 1.807) is 16.7 Å². The maximum atomic E-state index is 12.7. The average Bonchev–Trinajstić information content (AvgIpc) is 3.19. The van der Waals surface area contributed by atoms with Gasteiger partial charge >= 0.3 is 12.2 Å². The molecular formula is C16H12F3N3OS2. The lowest BCUT2D eigenvalue weighted by molar-refractivity contribution is -0.137.